The van der Waals surface area contributed by atoms with Gasteiger partial charge in [0.25, 0.3) is 0 Å². The predicted octanol–water partition coefficient (Wildman–Crippen LogP) is -2.09. The molecule has 0 amide bonds. The van der Waals surface area contributed by atoms with Gasteiger partial charge >= 0.3 is 0 Å². The summed E-state index contributed by atoms with van der Waals surface area (Å²) < 4.78 is 0. The van der Waals surface area contributed by atoms with Crippen molar-refractivity contribution in [3.05, 3.63) is 0 Å². The van der Waals surface area contributed by atoms with E-state index in [0.29, 0.717) is 10.2 Å². The number of hydrazine groups is 2. The van der Waals surface area contributed by atoms with Crippen molar-refractivity contribution in [2.24, 2.45) is 11.7 Å². The number of hydrogen-bond acceptors (Lipinski definition) is 4. The third-order valence-corrected chi connectivity index (χ3v) is 1.36. The molecule has 0 aliphatic heterocycles. The van der Waals surface area contributed by atoms with Crippen LogP contribution in [0.25, 0.3) is 0 Å². The molecule has 0 saturated carbocycles. The first-order valence-corrected chi connectivity index (χ1v) is 3.80. The van der Waals surface area contributed by atoms with Gasteiger partial charge in [-0.25, -0.2) is 11.7 Å². The third kappa shape index (κ3) is 18.6. The van der Waals surface area contributed by atoms with Crippen LogP contribution in [-0.4, -0.2) is 24.3 Å². The van der Waals surface area contributed by atoms with E-state index in [0.717, 1.165) is 0 Å². The molecule has 0 aromatic carbocycles. The number of rotatable bonds is 0. The molecule has 0 atom stereocenters. The van der Waals surface area contributed by atoms with Gasteiger partial charge in [-0.05, 0) is 24.4 Å². The summed E-state index contributed by atoms with van der Waals surface area (Å²) in [6, 6.07) is 0. The average molecular weight is 274 g/mol. The molecule has 0 bridgehead atoms. The van der Waals surface area contributed by atoms with Crippen molar-refractivity contribution >= 4 is 34.7 Å². The van der Waals surface area contributed by atoms with E-state index >= 15 is 0 Å². The number of thiocarbonyl (C=S) groups is 2. The predicted molar refractivity (Wildman–Crippen MR) is 58.0 cm³/mol. The van der Waals surface area contributed by atoms with E-state index in [4.69, 9.17) is 11.7 Å². The van der Waals surface area contributed by atoms with E-state index in [1.165, 1.54) is 0 Å². The van der Waals surface area contributed by atoms with E-state index in [1.807, 2.05) is 0 Å². The van der Waals surface area contributed by atoms with Crippen molar-refractivity contribution in [3.63, 3.8) is 0 Å². The van der Waals surface area contributed by atoms with Crippen molar-refractivity contribution in [1.29, 1.82) is 0 Å². The Morgan fingerprint density at radius 2 is 1.15 bits per heavy atom. The molecule has 6 nitrogen and oxygen atoms in total. The maximum Gasteiger partial charge on any atom is 0.180 e. The molecule has 0 unspecified atom stereocenters. The van der Waals surface area contributed by atoms with E-state index < -0.39 is 0 Å². The molecular formula is C4H14CuN6S2. The molecule has 0 rings (SSSR count). The molecule has 0 aromatic heterocycles. The molecule has 0 aliphatic rings. The monoisotopic (exact) mass is 273 g/mol. The van der Waals surface area contributed by atoms with Crippen LogP contribution < -0.4 is 33.2 Å². The summed E-state index contributed by atoms with van der Waals surface area (Å²) in [5.74, 6) is 9.66. The van der Waals surface area contributed by atoms with Crippen LogP contribution in [0, 0.1) is 0 Å². The van der Waals surface area contributed by atoms with Crippen LogP contribution in [0.4, 0.5) is 0 Å². The third-order valence-electron chi connectivity index (χ3n) is 0.716. The summed E-state index contributed by atoms with van der Waals surface area (Å²) in [6.45, 7) is 0. The Balaban J connectivity index is -0.000000143. The number of hydrogen-bond donors (Lipinski definition) is 6. The van der Waals surface area contributed by atoms with Crippen LogP contribution in [0.2, 0.25) is 0 Å². The SMILES string of the molecule is CNC(=S)NN.CNC(=S)NN.[Cu]. The summed E-state index contributed by atoms with van der Waals surface area (Å²) in [7, 11) is 3.39. The molecule has 9 heteroatoms. The Bertz CT molecular complexity index is 115. The zero-order valence-corrected chi connectivity index (χ0v) is 9.85. The average Bonchev–Trinajstić information content (AvgIpc) is 2.16. The van der Waals surface area contributed by atoms with Crippen molar-refractivity contribution in [2.75, 3.05) is 14.1 Å². The summed E-state index contributed by atoms with van der Waals surface area (Å²) in [6.07, 6.45) is 0. The van der Waals surface area contributed by atoms with Crippen molar-refractivity contribution < 1.29 is 17.1 Å². The van der Waals surface area contributed by atoms with Gasteiger partial charge in [-0.1, -0.05) is 0 Å². The molecule has 83 valence electrons. The van der Waals surface area contributed by atoms with Gasteiger partial charge in [0.2, 0.25) is 0 Å². The van der Waals surface area contributed by atoms with E-state index in [1.54, 1.807) is 14.1 Å². The summed E-state index contributed by atoms with van der Waals surface area (Å²) in [5, 5.41) is 6.13. The van der Waals surface area contributed by atoms with Gasteiger partial charge in [-0.15, -0.1) is 0 Å². The Labute approximate surface area is 99.0 Å². The molecule has 0 aromatic rings. The topological polar surface area (TPSA) is 100 Å². The molecule has 1 radical (unpaired) electrons. The number of nitrogens with two attached hydrogens (primary N) is 2. The molecule has 0 saturated heterocycles. The normalized spacial score (nSPS) is 6.46. The Hall–Kier alpha value is -0.181. The fourth-order valence-electron chi connectivity index (χ4n) is 0.144. The maximum atomic E-state index is 4.83. The molecule has 0 spiro atoms. The molecular weight excluding hydrogens is 260 g/mol. The van der Waals surface area contributed by atoms with Gasteiger partial charge < -0.3 is 21.5 Å². The standard InChI is InChI=1S/2C2H7N3S.Cu/c2*1-4-2(6)5-3;/h2*3H2,1H3,(H2,4,5,6);. The Kier molecular flexibility index (Phi) is 20.5. The summed E-state index contributed by atoms with van der Waals surface area (Å²) in [5.41, 5.74) is 4.47. The Morgan fingerprint density at radius 1 is 0.923 bits per heavy atom. The van der Waals surface area contributed by atoms with Gasteiger partial charge in [0.05, 0.1) is 0 Å². The summed E-state index contributed by atoms with van der Waals surface area (Å²) in [4.78, 5) is 0. The number of nitrogens with one attached hydrogen (secondary N) is 4. The zero-order chi connectivity index (χ0) is 9.98. The van der Waals surface area contributed by atoms with Crippen LogP contribution in [0.5, 0.6) is 0 Å². The van der Waals surface area contributed by atoms with E-state index in [9.17, 15) is 0 Å². The summed E-state index contributed by atoms with van der Waals surface area (Å²) >= 11 is 9.02. The Morgan fingerprint density at radius 3 is 1.15 bits per heavy atom. The van der Waals surface area contributed by atoms with Crippen LogP contribution in [0.1, 0.15) is 0 Å². The largest absolute Gasteiger partial charge is 0.365 e. The first-order valence-electron chi connectivity index (χ1n) is 2.99. The van der Waals surface area contributed by atoms with E-state index in [2.05, 4.69) is 45.9 Å². The second kappa shape index (κ2) is 14.3. The van der Waals surface area contributed by atoms with Gasteiger partial charge in [-0.3, -0.25) is 0 Å². The fourth-order valence-corrected chi connectivity index (χ4v) is 0.144. The van der Waals surface area contributed by atoms with Crippen LogP contribution in [-0.2, 0) is 17.1 Å². The second-order valence-corrected chi connectivity index (χ2v) is 2.26. The zero-order valence-electron chi connectivity index (χ0n) is 7.27. The van der Waals surface area contributed by atoms with Crippen LogP contribution in [0.15, 0.2) is 0 Å². The first-order chi connectivity index (χ1) is 5.62. The molecule has 0 aliphatic carbocycles. The second-order valence-electron chi connectivity index (χ2n) is 1.45. The molecule has 0 heterocycles. The van der Waals surface area contributed by atoms with Gasteiger partial charge in [-0.2, -0.15) is 0 Å². The van der Waals surface area contributed by atoms with Crippen LogP contribution in [0.3, 0.4) is 0 Å². The van der Waals surface area contributed by atoms with Gasteiger partial charge in [0.15, 0.2) is 10.2 Å². The van der Waals surface area contributed by atoms with Gasteiger partial charge in [0, 0.05) is 31.2 Å². The van der Waals surface area contributed by atoms with Crippen molar-refractivity contribution in [1.82, 2.24) is 21.5 Å². The van der Waals surface area contributed by atoms with Crippen molar-refractivity contribution in [2.45, 2.75) is 0 Å². The van der Waals surface area contributed by atoms with Gasteiger partial charge in [0.1, 0.15) is 0 Å². The maximum absolute atomic E-state index is 4.83. The van der Waals surface area contributed by atoms with E-state index in [-0.39, 0.29) is 17.1 Å². The molecule has 13 heavy (non-hydrogen) atoms. The quantitative estimate of drug-likeness (QED) is 0.129. The minimum atomic E-state index is 0. The van der Waals surface area contributed by atoms with Crippen molar-refractivity contribution in [3.8, 4) is 0 Å². The van der Waals surface area contributed by atoms with Crippen LogP contribution >= 0.6 is 24.4 Å². The molecule has 8 N–H and O–H groups in total. The fraction of sp³-hybridized carbons (Fsp3) is 0.500. The first kappa shape index (κ1) is 18.6. The minimum Gasteiger partial charge on any atom is -0.365 e. The smallest absolute Gasteiger partial charge is 0.180 e. The molecule has 0 fully saturated rings. The minimum absolute atomic E-state index is 0.